The molecule has 4 nitrogen and oxygen atoms in total. The molecule has 0 amide bonds. The monoisotopic (exact) mass is 223 g/mol. The van der Waals surface area contributed by atoms with Crippen molar-refractivity contribution >= 4 is 0 Å². The zero-order valence-corrected chi connectivity index (χ0v) is 9.87. The van der Waals surface area contributed by atoms with Gasteiger partial charge in [0.05, 0.1) is 12.1 Å². The molecule has 3 N–H and O–H groups in total. The summed E-state index contributed by atoms with van der Waals surface area (Å²) < 4.78 is 0. The highest BCUT2D eigenvalue weighted by Gasteiger charge is 2.33. The largest absolute Gasteiger partial charge is 0.389 e. The minimum atomic E-state index is -0.580. The van der Waals surface area contributed by atoms with Crippen LogP contribution in [0.2, 0.25) is 0 Å². The second kappa shape index (κ2) is 4.97. The van der Waals surface area contributed by atoms with Gasteiger partial charge in [0.15, 0.2) is 0 Å². The van der Waals surface area contributed by atoms with Gasteiger partial charge in [-0.2, -0.15) is 0 Å². The Morgan fingerprint density at radius 2 is 2.31 bits per heavy atom. The van der Waals surface area contributed by atoms with E-state index in [0.29, 0.717) is 19.0 Å². The first-order valence-corrected chi connectivity index (χ1v) is 6.10. The first kappa shape index (κ1) is 11.6. The predicted octanol–water partition coefficient (Wildman–Crippen LogP) is 1.44. The Hall–Kier alpha value is -0.870. The first-order valence-electron chi connectivity index (χ1n) is 6.10. The molecule has 1 aromatic heterocycles. The van der Waals surface area contributed by atoms with Crippen molar-refractivity contribution in [1.29, 1.82) is 0 Å². The van der Waals surface area contributed by atoms with Gasteiger partial charge in [0, 0.05) is 18.9 Å². The molecule has 1 aromatic rings. The number of aromatic nitrogens is 2. The van der Waals surface area contributed by atoms with E-state index in [1.807, 2.05) is 13.1 Å². The Bertz CT molecular complexity index is 302. The van der Waals surface area contributed by atoms with E-state index >= 15 is 0 Å². The average molecular weight is 223 g/mol. The fourth-order valence-corrected chi connectivity index (χ4v) is 2.52. The Morgan fingerprint density at radius 1 is 1.56 bits per heavy atom. The van der Waals surface area contributed by atoms with Gasteiger partial charge in [-0.1, -0.05) is 12.8 Å². The number of nitrogens with zero attached hydrogens (tertiary/aromatic N) is 1. The molecule has 0 saturated heterocycles. The zero-order valence-electron chi connectivity index (χ0n) is 9.87. The van der Waals surface area contributed by atoms with Gasteiger partial charge in [0.25, 0.3) is 0 Å². The quantitative estimate of drug-likeness (QED) is 0.708. The molecule has 1 aliphatic rings. The summed E-state index contributed by atoms with van der Waals surface area (Å²) in [5, 5.41) is 13.6. The molecule has 1 unspecified atom stereocenters. The highest BCUT2D eigenvalue weighted by molar-refractivity contribution is 4.90. The summed E-state index contributed by atoms with van der Waals surface area (Å²) in [5.74, 6) is 1.37. The van der Waals surface area contributed by atoms with Crippen LogP contribution in [0.4, 0.5) is 0 Å². The van der Waals surface area contributed by atoms with E-state index < -0.39 is 5.60 Å². The molecule has 0 bridgehead atoms. The zero-order chi connectivity index (χ0) is 11.4. The lowest BCUT2D eigenvalue weighted by Gasteiger charge is -2.30. The van der Waals surface area contributed by atoms with Crippen molar-refractivity contribution in [2.45, 2.75) is 44.8 Å². The average Bonchev–Trinajstić information content (AvgIpc) is 2.90. The first-order chi connectivity index (χ1) is 7.68. The van der Waals surface area contributed by atoms with E-state index in [9.17, 15) is 5.11 Å². The van der Waals surface area contributed by atoms with Crippen LogP contribution in [0.25, 0.3) is 0 Å². The van der Waals surface area contributed by atoms with Crippen LogP contribution in [0.3, 0.4) is 0 Å². The molecule has 90 valence electrons. The van der Waals surface area contributed by atoms with Crippen LogP contribution in [0.5, 0.6) is 0 Å². The molecule has 0 aliphatic heterocycles. The smallest absolute Gasteiger partial charge is 0.120 e. The van der Waals surface area contributed by atoms with Gasteiger partial charge in [0.1, 0.15) is 5.82 Å². The maximum absolute atomic E-state index is 10.3. The summed E-state index contributed by atoms with van der Waals surface area (Å²) >= 11 is 0. The molecule has 0 radical (unpaired) electrons. The third-order valence-corrected chi connectivity index (χ3v) is 3.56. The molecule has 1 aliphatic carbocycles. The molecule has 4 heteroatoms. The molecular formula is C12H21N3O. The van der Waals surface area contributed by atoms with E-state index in [-0.39, 0.29) is 0 Å². The highest BCUT2D eigenvalue weighted by Crippen LogP contribution is 2.33. The standard InChI is InChI=1S/C12H21N3O/c1-12(16,10-4-2-3-5-10)9-13-8-11-14-6-7-15-11/h6-7,10,13,16H,2-5,8-9H2,1H3,(H,14,15). The molecule has 1 fully saturated rings. The van der Waals surface area contributed by atoms with Gasteiger partial charge >= 0.3 is 0 Å². The van der Waals surface area contributed by atoms with E-state index in [4.69, 9.17) is 0 Å². The van der Waals surface area contributed by atoms with Crippen LogP contribution in [-0.2, 0) is 6.54 Å². The van der Waals surface area contributed by atoms with Crippen LogP contribution in [0.15, 0.2) is 12.4 Å². The number of aromatic amines is 1. The summed E-state index contributed by atoms with van der Waals surface area (Å²) in [6.45, 7) is 3.27. The summed E-state index contributed by atoms with van der Waals surface area (Å²) in [5.41, 5.74) is -0.580. The molecule has 2 rings (SSSR count). The van der Waals surface area contributed by atoms with Crippen LogP contribution in [0, 0.1) is 5.92 Å². The number of aliphatic hydroxyl groups is 1. The van der Waals surface area contributed by atoms with Crippen LogP contribution in [-0.4, -0.2) is 27.2 Å². The molecule has 0 aromatic carbocycles. The molecule has 1 atom stereocenters. The van der Waals surface area contributed by atoms with Crippen molar-refractivity contribution in [3.8, 4) is 0 Å². The topological polar surface area (TPSA) is 60.9 Å². The second-order valence-corrected chi connectivity index (χ2v) is 4.98. The van der Waals surface area contributed by atoms with Crippen LogP contribution < -0.4 is 5.32 Å². The van der Waals surface area contributed by atoms with Crippen molar-refractivity contribution in [2.24, 2.45) is 5.92 Å². The third kappa shape index (κ3) is 2.83. The van der Waals surface area contributed by atoms with Crippen molar-refractivity contribution in [3.05, 3.63) is 18.2 Å². The van der Waals surface area contributed by atoms with E-state index in [2.05, 4.69) is 15.3 Å². The van der Waals surface area contributed by atoms with Gasteiger partial charge in [-0.05, 0) is 25.7 Å². The number of imidazole rings is 1. The van der Waals surface area contributed by atoms with Crippen molar-refractivity contribution in [1.82, 2.24) is 15.3 Å². The maximum Gasteiger partial charge on any atom is 0.120 e. The fourth-order valence-electron chi connectivity index (χ4n) is 2.52. The minimum absolute atomic E-state index is 0.455. The Kier molecular flexibility index (Phi) is 3.61. The van der Waals surface area contributed by atoms with E-state index in [1.54, 1.807) is 6.20 Å². The van der Waals surface area contributed by atoms with Gasteiger partial charge in [-0.25, -0.2) is 4.98 Å². The number of hydrogen-bond acceptors (Lipinski definition) is 3. The van der Waals surface area contributed by atoms with Gasteiger partial charge < -0.3 is 15.4 Å². The second-order valence-electron chi connectivity index (χ2n) is 4.98. The number of H-pyrrole nitrogens is 1. The molecule has 1 saturated carbocycles. The van der Waals surface area contributed by atoms with E-state index in [1.165, 1.54) is 12.8 Å². The molecule has 0 spiro atoms. The summed E-state index contributed by atoms with van der Waals surface area (Å²) in [7, 11) is 0. The fraction of sp³-hybridized carbons (Fsp3) is 0.750. The lowest BCUT2D eigenvalue weighted by atomic mass is 9.88. The normalized spacial score (nSPS) is 21.1. The predicted molar refractivity (Wildman–Crippen MR) is 62.9 cm³/mol. The van der Waals surface area contributed by atoms with Crippen molar-refractivity contribution < 1.29 is 5.11 Å². The summed E-state index contributed by atoms with van der Waals surface area (Å²) in [6.07, 6.45) is 8.40. The van der Waals surface area contributed by atoms with Crippen LogP contribution >= 0.6 is 0 Å². The number of rotatable bonds is 5. The minimum Gasteiger partial charge on any atom is -0.389 e. The van der Waals surface area contributed by atoms with Crippen molar-refractivity contribution in [3.63, 3.8) is 0 Å². The number of hydrogen-bond donors (Lipinski definition) is 3. The Morgan fingerprint density at radius 3 is 2.94 bits per heavy atom. The van der Waals surface area contributed by atoms with Crippen molar-refractivity contribution in [2.75, 3.05) is 6.54 Å². The molecule has 16 heavy (non-hydrogen) atoms. The lowest BCUT2D eigenvalue weighted by molar-refractivity contribution is 0.00206. The SMILES string of the molecule is CC(O)(CNCc1ncc[nH]1)C1CCCC1. The van der Waals surface area contributed by atoms with Gasteiger partial charge in [-0.3, -0.25) is 0 Å². The van der Waals surface area contributed by atoms with E-state index in [0.717, 1.165) is 18.7 Å². The summed E-state index contributed by atoms with van der Waals surface area (Å²) in [4.78, 5) is 7.17. The molecular weight excluding hydrogens is 202 g/mol. The number of nitrogens with one attached hydrogen (secondary N) is 2. The molecule has 1 heterocycles. The van der Waals surface area contributed by atoms with Crippen LogP contribution in [0.1, 0.15) is 38.4 Å². The maximum atomic E-state index is 10.3. The van der Waals surface area contributed by atoms with Gasteiger partial charge in [0.2, 0.25) is 0 Å². The van der Waals surface area contributed by atoms with Gasteiger partial charge in [-0.15, -0.1) is 0 Å². The Labute approximate surface area is 96.5 Å². The lowest BCUT2D eigenvalue weighted by Crippen LogP contribution is -2.43. The highest BCUT2D eigenvalue weighted by atomic mass is 16.3. The summed E-state index contributed by atoms with van der Waals surface area (Å²) in [6, 6.07) is 0. The Balaban J connectivity index is 1.75. The third-order valence-electron chi connectivity index (χ3n) is 3.56.